The Hall–Kier alpha value is -4.74. The fraction of sp³-hybridized carbons (Fsp3) is 0.0870. The molecule has 0 unspecified atom stereocenters. The molecule has 9 nitrogen and oxygen atoms in total. The third kappa shape index (κ3) is 5.99. The Morgan fingerprint density at radius 1 is 0.829 bits per heavy atom. The number of hydrogen-bond acceptors (Lipinski definition) is 6. The van der Waals surface area contributed by atoms with E-state index < -0.39 is 40.1 Å². The fourth-order valence-corrected chi connectivity index (χ4v) is 2.98. The van der Waals surface area contributed by atoms with Crippen LogP contribution in [-0.4, -0.2) is 29.8 Å². The van der Waals surface area contributed by atoms with Crippen LogP contribution >= 0.6 is 0 Å². The van der Waals surface area contributed by atoms with Crippen LogP contribution in [0.25, 0.3) is 0 Å². The van der Waals surface area contributed by atoms with Crippen molar-refractivity contribution >= 4 is 34.8 Å². The highest BCUT2D eigenvalue weighted by atomic mass is 19.4. The molecule has 3 rings (SSSR count). The Balaban J connectivity index is 1.84. The molecule has 0 aromatic heterocycles. The van der Waals surface area contributed by atoms with Crippen molar-refractivity contribution in [1.82, 2.24) is 0 Å². The predicted molar refractivity (Wildman–Crippen MR) is 118 cm³/mol. The normalized spacial score (nSPS) is 10.9. The van der Waals surface area contributed by atoms with Crippen molar-refractivity contribution in [2.24, 2.45) is 0 Å². The van der Waals surface area contributed by atoms with Gasteiger partial charge in [0.1, 0.15) is 0 Å². The van der Waals surface area contributed by atoms with Crippen molar-refractivity contribution in [2.75, 3.05) is 17.7 Å². The van der Waals surface area contributed by atoms with Gasteiger partial charge in [0.05, 0.1) is 34.5 Å². The molecule has 0 heterocycles. The number of methoxy groups -OCH3 is 1. The number of nitro benzene ring substituents is 1. The van der Waals surface area contributed by atoms with Crippen LogP contribution in [0.2, 0.25) is 0 Å². The molecule has 35 heavy (non-hydrogen) atoms. The Kier molecular flexibility index (Phi) is 7.14. The standard InChI is InChI=1S/C23H16F3N3O6/c1-35-22(32)15-10-14(11-17(12-15)29(33)34)21(31)28-19-5-3-2-4-18(19)27-20(30)13-6-8-16(9-7-13)23(24,25)26/h2-12H,1H3,(H,27,30)(H,28,31). The van der Waals surface area contributed by atoms with Crippen LogP contribution < -0.4 is 10.6 Å². The molecule has 0 aliphatic carbocycles. The number of rotatable bonds is 6. The van der Waals surface area contributed by atoms with Crippen molar-refractivity contribution in [3.8, 4) is 0 Å². The van der Waals surface area contributed by atoms with Crippen LogP contribution in [0.1, 0.15) is 36.6 Å². The number of ether oxygens (including phenoxy) is 1. The summed E-state index contributed by atoms with van der Waals surface area (Å²) in [6, 6.07) is 12.5. The van der Waals surface area contributed by atoms with Crippen molar-refractivity contribution in [3.05, 3.63) is 99.1 Å². The molecule has 0 saturated heterocycles. The molecular weight excluding hydrogens is 471 g/mol. The number of benzene rings is 3. The fourth-order valence-electron chi connectivity index (χ4n) is 2.98. The Morgan fingerprint density at radius 2 is 1.34 bits per heavy atom. The zero-order chi connectivity index (χ0) is 25.8. The Labute approximate surface area is 195 Å². The van der Waals surface area contributed by atoms with Gasteiger partial charge in [-0.25, -0.2) is 4.79 Å². The van der Waals surface area contributed by atoms with E-state index in [1.54, 1.807) is 6.07 Å². The van der Waals surface area contributed by atoms with Crippen molar-refractivity contribution in [2.45, 2.75) is 6.18 Å². The lowest BCUT2D eigenvalue weighted by molar-refractivity contribution is -0.384. The van der Waals surface area contributed by atoms with E-state index in [4.69, 9.17) is 0 Å². The SMILES string of the molecule is COC(=O)c1cc(C(=O)Nc2ccccc2NC(=O)c2ccc(C(F)(F)F)cc2)cc([N+](=O)[O-])c1. The summed E-state index contributed by atoms with van der Waals surface area (Å²) in [5, 5.41) is 16.2. The summed E-state index contributed by atoms with van der Waals surface area (Å²) in [4.78, 5) is 47.6. The summed E-state index contributed by atoms with van der Waals surface area (Å²) in [7, 11) is 1.08. The Morgan fingerprint density at radius 3 is 1.83 bits per heavy atom. The van der Waals surface area contributed by atoms with E-state index in [-0.39, 0.29) is 28.1 Å². The van der Waals surface area contributed by atoms with Gasteiger partial charge < -0.3 is 15.4 Å². The summed E-state index contributed by atoms with van der Waals surface area (Å²) in [6.45, 7) is 0. The van der Waals surface area contributed by atoms with E-state index >= 15 is 0 Å². The number of para-hydroxylation sites is 2. The first-order valence-corrected chi connectivity index (χ1v) is 9.76. The molecule has 0 atom stereocenters. The number of non-ortho nitro benzene ring substituents is 1. The number of halogens is 3. The first kappa shape index (κ1) is 24.9. The smallest absolute Gasteiger partial charge is 0.416 e. The number of esters is 1. The van der Waals surface area contributed by atoms with Gasteiger partial charge in [-0.1, -0.05) is 12.1 Å². The zero-order valence-corrected chi connectivity index (χ0v) is 17.9. The average Bonchev–Trinajstić information content (AvgIpc) is 2.83. The second kappa shape index (κ2) is 10.0. The van der Waals surface area contributed by atoms with Crippen LogP contribution in [0.3, 0.4) is 0 Å². The highest BCUT2D eigenvalue weighted by Crippen LogP contribution is 2.29. The lowest BCUT2D eigenvalue weighted by atomic mass is 10.1. The molecule has 0 saturated carbocycles. The maximum absolute atomic E-state index is 12.8. The summed E-state index contributed by atoms with van der Waals surface area (Å²) < 4.78 is 42.8. The van der Waals surface area contributed by atoms with Gasteiger partial charge >= 0.3 is 12.1 Å². The molecule has 2 N–H and O–H groups in total. The second-order valence-electron chi connectivity index (χ2n) is 7.05. The first-order valence-electron chi connectivity index (χ1n) is 9.76. The van der Waals surface area contributed by atoms with E-state index in [2.05, 4.69) is 15.4 Å². The molecule has 0 aliphatic rings. The minimum atomic E-state index is -4.55. The second-order valence-corrected chi connectivity index (χ2v) is 7.05. The van der Waals surface area contributed by atoms with Crippen molar-refractivity contribution in [3.63, 3.8) is 0 Å². The molecule has 3 aromatic carbocycles. The summed E-state index contributed by atoms with van der Waals surface area (Å²) in [5.74, 6) is -2.44. The minimum absolute atomic E-state index is 0.0551. The van der Waals surface area contributed by atoms with Gasteiger partial charge in [0.2, 0.25) is 0 Å². The van der Waals surface area contributed by atoms with E-state index in [0.717, 1.165) is 49.6 Å². The zero-order valence-electron chi connectivity index (χ0n) is 17.9. The Bertz CT molecular complexity index is 1310. The molecular formula is C23H16F3N3O6. The number of hydrogen-bond donors (Lipinski definition) is 2. The minimum Gasteiger partial charge on any atom is -0.465 e. The van der Waals surface area contributed by atoms with Crippen LogP contribution in [0.5, 0.6) is 0 Å². The molecule has 12 heteroatoms. The summed E-state index contributed by atoms with van der Waals surface area (Å²) in [6.07, 6.45) is -4.55. The number of nitro groups is 1. The monoisotopic (exact) mass is 487 g/mol. The van der Waals surface area contributed by atoms with Gasteiger partial charge in [-0.2, -0.15) is 13.2 Å². The maximum Gasteiger partial charge on any atom is 0.416 e. The van der Waals surface area contributed by atoms with Gasteiger partial charge in [0.15, 0.2) is 0 Å². The summed E-state index contributed by atoms with van der Waals surface area (Å²) >= 11 is 0. The van der Waals surface area contributed by atoms with Gasteiger partial charge in [-0.05, 0) is 42.5 Å². The van der Waals surface area contributed by atoms with Crippen LogP contribution in [-0.2, 0) is 10.9 Å². The number of nitrogens with zero attached hydrogens (tertiary/aromatic N) is 1. The van der Waals surface area contributed by atoms with Gasteiger partial charge in [0.25, 0.3) is 17.5 Å². The lowest BCUT2D eigenvalue weighted by Gasteiger charge is -2.13. The number of anilines is 2. The van der Waals surface area contributed by atoms with Crippen LogP contribution in [0.15, 0.2) is 66.7 Å². The lowest BCUT2D eigenvalue weighted by Crippen LogP contribution is -2.17. The third-order valence-electron chi connectivity index (χ3n) is 4.71. The highest BCUT2D eigenvalue weighted by Gasteiger charge is 2.30. The van der Waals surface area contributed by atoms with E-state index in [1.165, 1.54) is 18.2 Å². The number of nitrogens with one attached hydrogen (secondary N) is 2. The summed E-state index contributed by atoms with van der Waals surface area (Å²) in [5.41, 5.74) is -1.69. The highest BCUT2D eigenvalue weighted by molar-refractivity contribution is 6.10. The molecule has 180 valence electrons. The predicted octanol–water partition coefficient (Wildman–Crippen LogP) is 4.90. The third-order valence-corrected chi connectivity index (χ3v) is 4.71. The average molecular weight is 487 g/mol. The first-order chi connectivity index (χ1) is 16.5. The quantitative estimate of drug-likeness (QED) is 0.289. The largest absolute Gasteiger partial charge is 0.465 e. The van der Waals surface area contributed by atoms with E-state index in [1.807, 2.05) is 0 Å². The number of carbonyl (C=O) groups is 3. The number of alkyl halides is 3. The molecule has 0 bridgehead atoms. The maximum atomic E-state index is 12.8. The number of carbonyl (C=O) groups excluding carboxylic acids is 3. The molecule has 0 fully saturated rings. The van der Waals surface area contributed by atoms with E-state index in [9.17, 15) is 37.7 Å². The van der Waals surface area contributed by atoms with Gasteiger partial charge in [-0.3, -0.25) is 19.7 Å². The van der Waals surface area contributed by atoms with Gasteiger partial charge in [-0.15, -0.1) is 0 Å². The topological polar surface area (TPSA) is 128 Å². The molecule has 0 spiro atoms. The van der Waals surface area contributed by atoms with Crippen molar-refractivity contribution in [1.29, 1.82) is 0 Å². The van der Waals surface area contributed by atoms with Crippen LogP contribution in [0.4, 0.5) is 30.2 Å². The molecule has 0 aliphatic heterocycles. The van der Waals surface area contributed by atoms with Crippen molar-refractivity contribution < 1.29 is 37.2 Å². The molecule has 0 radical (unpaired) electrons. The molecule has 2 amide bonds. The van der Waals surface area contributed by atoms with Crippen LogP contribution in [0, 0.1) is 10.1 Å². The van der Waals surface area contributed by atoms with Gasteiger partial charge in [0, 0.05) is 23.3 Å². The van der Waals surface area contributed by atoms with E-state index in [0.29, 0.717) is 0 Å². The molecule has 3 aromatic rings. The number of amides is 2.